The number of nitrogens with one attached hydrogen (secondary N) is 1. The first-order valence-corrected chi connectivity index (χ1v) is 7.71. The number of ether oxygens (including phenoxy) is 1. The van der Waals surface area contributed by atoms with Gasteiger partial charge < -0.3 is 14.6 Å². The van der Waals surface area contributed by atoms with E-state index in [1.54, 1.807) is 0 Å². The standard InChI is InChI=1S/C17H25N3O/c1-4-10-18-14(3)15-8-6-7-9-16(15)21-13-17-19-11-12-20(17)5-2/h6-9,11-12,14,18H,4-5,10,13H2,1-3H3. The number of aromatic nitrogens is 2. The molecule has 1 aromatic heterocycles. The molecule has 1 unspecified atom stereocenters. The summed E-state index contributed by atoms with van der Waals surface area (Å²) in [7, 11) is 0. The molecule has 0 saturated heterocycles. The second kappa shape index (κ2) is 7.84. The molecule has 1 N–H and O–H groups in total. The van der Waals surface area contributed by atoms with Crippen molar-refractivity contribution >= 4 is 0 Å². The van der Waals surface area contributed by atoms with Gasteiger partial charge in [-0.05, 0) is 32.9 Å². The molecule has 0 bridgehead atoms. The van der Waals surface area contributed by atoms with Crippen molar-refractivity contribution in [3.8, 4) is 5.75 Å². The van der Waals surface area contributed by atoms with Gasteiger partial charge in [0.1, 0.15) is 18.2 Å². The van der Waals surface area contributed by atoms with Crippen molar-refractivity contribution in [3.63, 3.8) is 0 Å². The fourth-order valence-corrected chi connectivity index (χ4v) is 2.35. The van der Waals surface area contributed by atoms with Gasteiger partial charge in [0.05, 0.1) is 0 Å². The molecule has 1 heterocycles. The monoisotopic (exact) mass is 287 g/mol. The van der Waals surface area contributed by atoms with Crippen molar-refractivity contribution < 1.29 is 4.74 Å². The molecule has 21 heavy (non-hydrogen) atoms. The Hall–Kier alpha value is -1.81. The number of para-hydroxylation sites is 1. The topological polar surface area (TPSA) is 39.1 Å². The molecule has 2 aromatic rings. The van der Waals surface area contributed by atoms with E-state index < -0.39 is 0 Å². The van der Waals surface area contributed by atoms with Gasteiger partial charge in [0.15, 0.2) is 0 Å². The van der Waals surface area contributed by atoms with Crippen LogP contribution in [0, 0.1) is 0 Å². The van der Waals surface area contributed by atoms with E-state index in [0.29, 0.717) is 6.61 Å². The largest absolute Gasteiger partial charge is 0.485 e. The minimum atomic E-state index is 0.284. The molecule has 0 aliphatic carbocycles. The average Bonchev–Trinajstić information content (AvgIpc) is 2.98. The average molecular weight is 287 g/mol. The van der Waals surface area contributed by atoms with E-state index in [1.165, 1.54) is 5.56 Å². The van der Waals surface area contributed by atoms with Crippen molar-refractivity contribution in [1.29, 1.82) is 0 Å². The fourth-order valence-electron chi connectivity index (χ4n) is 2.35. The summed E-state index contributed by atoms with van der Waals surface area (Å²) in [5.41, 5.74) is 1.19. The summed E-state index contributed by atoms with van der Waals surface area (Å²) in [5, 5.41) is 3.50. The number of imidazole rings is 1. The number of aryl methyl sites for hydroxylation is 1. The summed E-state index contributed by atoms with van der Waals surface area (Å²) in [6.07, 6.45) is 4.93. The maximum absolute atomic E-state index is 6.00. The summed E-state index contributed by atoms with van der Waals surface area (Å²) in [6, 6.07) is 8.50. The lowest BCUT2D eigenvalue weighted by atomic mass is 10.1. The highest BCUT2D eigenvalue weighted by Crippen LogP contribution is 2.25. The van der Waals surface area contributed by atoms with Gasteiger partial charge >= 0.3 is 0 Å². The Kier molecular flexibility index (Phi) is 5.81. The van der Waals surface area contributed by atoms with E-state index >= 15 is 0 Å². The first kappa shape index (κ1) is 15.6. The smallest absolute Gasteiger partial charge is 0.146 e. The van der Waals surface area contributed by atoms with Crippen molar-refractivity contribution in [2.45, 2.75) is 46.4 Å². The molecule has 2 rings (SSSR count). The molecule has 0 saturated carbocycles. The highest BCUT2D eigenvalue weighted by Gasteiger charge is 2.11. The molecule has 0 spiro atoms. The van der Waals surface area contributed by atoms with Crippen LogP contribution >= 0.6 is 0 Å². The van der Waals surface area contributed by atoms with Crippen molar-refractivity contribution in [3.05, 3.63) is 48.0 Å². The summed E-state index contributed by atoms with van der Waals surface area (Å²) in [6.45, 7) is 8.87. The van der Waals surface area contributed by atoms with Gasteiger partial charge in [-0.1, -0.05) is 25.1 Å². The molecule has 1 aromatic carbocycles. The normalized spacial score (nSPS) is 12.3. The third-order valence-corrected chi connectivity index (χ3v) is 3.59. The summed E-state index contributed by atoms with van der Waals surface area (Å²) in [4.78, 5) is 4.35. The lowest BCUT2D eigenvalue weighted by Crippen LogP contribution is -2.20. The highest BCUT2D eigenvalue weighted by molar-refractivity contribution is 5.35. The Labute approximate surface area is 127 Å². The van der Waals surface area contributed by atoms with Crippen LogP contribution in [-0.4, -0.2) is 16.1 Å². The van der Waals surface area contributed by atoms with E-state index in [0.717, 1.165) is 31.1 Å². The van der Waals surface area contributed by atoms with Crippen LogP contribution in [-0.2, 0) is 13.2 Å². The molecule has 4 heteroatoms. The second-order valence-electron chi connectivity index (χ2n) is 5.13. The van der Waals surface area contributed by atoms with Gasteiger partial charge in [0.2, 0.25) is 0 Å². The van der Waals surface area contributed by atoms with Crippen LogP contribution in [0.5, 0.6) is 5.75 Å². The molecular weight excluding hydrogens is 262 g/mol. The molecule has 114 valence electrons. The fraction of sp³-hybridized carbons (Fsp3) is 0.471. The van der Waals surface area contributed by atoms with E-state index in [2.05, 4.69) is 47.8 Å². The molecule has 4 nitrogen and oxygen atoms in total. The van der Waals surface area contributed by atoms with Gasteiger partial charge in [0, 0.05) is 30.5 Å². The minimum Gasteiger partial charge on any atom is -0.485 e. The molecule has 0 aliphatic heterocycles. The summed E-state index contributed by atoms with van der Waals surface area (Å²) >= 11 is 0. The zero-order valence-corrected chi connectivity index (χ0v) is 13.2. The van der Waals surface area contributed by atoms with Crippen LogP contribution < -0.4 is 10.1 Å². The number of hydrogen-bond donors (Lipinski definition) is 1. The first-order chi connectivity index (χ1) is 10.3. The minimum absolute atomic E-state index is 0.284. The third-order valence-electron chi connectivity index (χ3n) is 3.59. The number of nitrogens with zero attached hydrogens (tertiary/aromatic N) is 2. The predicted molar refractivity (Wildman–Crippen MR) is 85.4 cm³/mol. The lowest BCUT2D eigenvalue weighted by Gasteiger charge is -2.18. The van der Waals surface area contributed by atoms with Crippen LogP contribution in [0.15, 0.2) is 36.7 Å². The second-order valence-corrected chi connectivity index (χ2v) is 5.13. The molecular formula is C17H25N3O. The number of benzene rings is 1. The van der Waals surface area contributed by atoms with Crippen LogP contribution in [0.3, 0.4) is 0 Å². The Morgan fingerprint density at radius 2 is 2.10 bits per heavy atom. The first-order valence-electron chi connectivity index (χ1n) is 7.71. The summed E-state index contributed by atoms with van der Waals surface area (Å²) < 4.78 is 8.10. The Morgan fingerprint density at radius 1 is 1.29 bits per heavy atom. The number of rotatable bonds is 8. The lowest BCUT2D eigenvalue weighted by molar-refractivity contribution is 0.284. The van der Waals surface area contributed by atoms with Gasteiger partial charge in [-0.2, -0.15) is 0 Å². The third kappa shape index (κ3) is 4.08. The summed E-state index contributed by atoms with van der Waals surface area (Å²) in [5.74, 6) is 1.89. The van der Waals surface area contributed by atoms with Crippen molar-refractivity contribution in [2.24, 2.45) is 0 Å². The van der Waals surface area contributed by atoms with Gasteiger partial charge in [-0.25, -0.2) is 4.98 Å². The molecule has 1 atom stereocenters. The molecule has 0 fully saturated rings. The molecule has 0 radical (unpaired) electrons. The zero-order chi connectivity index (χ0) is 15.1. The van der Waals surface area contributed by atoms with Crippen LogP contribution in [0.25, 0.3) is 0 Å². The van der Waals surface area contributed by atoms with Crippen LogP contribution in [0.2, 0.25) is 0 Å². The Morgan fingerprint density at radius 3 is 2.86 bits per heavy atom. The Balaban J connectivity index is 2.06. The number of hydrogen-bond acceptors (Lipinski definition) is 3. The van der Waals surface area contributed by atoms with Gasteiger partial charge in [-0.15, -0.1) is 0 Å². The van der Waals surface area contributed by atoms with E-state index in [-0.39, 0.29) is 6.04 Å². The van der Waals surface area contributed by atoms with Gasteiger partial charge in [-0.3, -0.25) is 0 Å². The zero-order valence-electron chi connectivity index (χ0n) is 13.2. The predicted octanol–water partition coefficient (Wildman–Crippen LogP) is 3.54. The SMILES string of the molecule is CCCNC(C)c1ccccc1OCc1nccn1CC. The van der Waals surface area contributed by atoms with E-state index in [1.807, 2.05) is 24.5 Å². The van der Waals surface area contributed by atoms with Gasteiger partial charge in [0.25, 0.3) is 0 Å². The van der Waals surface area contributed by atoms with Crippen LogP contribution in [0.4, 0.5) is 0 Å². The van der Waals surface area contributed by atoms with E-state index in [9.17, 15) is 0 Å². The van der Waals surface area contributed by atoms with E-state index in [4.69, 9.17) is 4.74 Å². The maximum Gasteiger partial charge on any atom is 0.146 e. The van der Waals surface area contributed by atoms with Crippen molar-refractivity contribution in [1.82, 2.24) is 14.9 Å². The maximum atomic E-state index is 6.00. The molecule has 0 amide bonds. The highest BCUT2D eigenvalue weighted by atomic mass is 16.5. The van der Waals surface area contributed by atoms with Crippen molar-refractivity contribution in [2.75, 3.05) is 6.54 Å². The van der Waals surface area contributed by atoms with Crippen LogP contribution in [0.1, 0.15) is 44.6 Å². The quantitative estimate of drug-likeness (QED) is 0.807. The molecule has 0 aliphatic rings. The Bertz CT molecular complexity index is 550.